The number of carbonyl (C=O) groups is 1. The van der Waals surface area contributed by atoms with Gasteiger partial charge in [0.25, 0.3) is 0 Å². The Bertz CT molecular complexity index is 1290. The molecule has 2 N–H and O–H groups in total. The lowest BCUT2D eigenvalue weighted by atomic mass is 10.00. The van der Waals surface area contributed by atoms with Crippen LogP contribution in [0.2, 0.25) is 0 Å². The number of alkyl halides is 3. The van der Waals surface area contributed by atoms with E-state index in [0.717, 1.165) is 22.0 Å². The zero-order valence-corrected chi connectivity index (χ0v) is 18.3. The highest BCUT2D eigenvalue weighted by Crippen LogP contribution is 2.36. The molecule has 178 valence electrons. The van der Waals surface area contributed by atoms with Crippen LogP contribution in [0.3, 0.4) is 0 Å². The lowest BCUT2D eigenvalue weighted by Gasteiger charge is -2.35. The monoisotopic (exact) mass is 492 g/mol. The van der Waals surface area contributed by atoms with Gasteiger partial charge in [-0.1, -0.05) is 24.3 Å². The van der Waals surface area contributed by atoms with E-state index >= 15 is 0 Å². The molecule has 1 aliphatic heterocycles. The molecule has 0 saturated heterocycles. The number of ether oxygens (including phenoxy) is 2. The van der Waals surface area contributed by atoms with Gasteiger partial charge in [-0.05, 0) is 60.5 Å². The number of primary amides is 1. The summed E-state index contributed by atoms with van der Waals surface area (Å²) in [5.74, 6) is 0.388. The van der Waals surface area contributed by atoms with Gasteiger partial charge in [0.15, 0.2) is 6.23 Å². The molecule has 11 heteroatoms. The number of amides is 1. The molecule has 0 spiro atoms. The predicted octanol–water partition coefficient (Wildman–Crippen LogP) is 4.84. The average molecular weight is 492 g/mol. The van der Waals surface area contributed by atoms with Gasteiger partial charge in [-0.3, -0.25) is 0 Å². The molecule has 4 rings (SSSR count). The Morgan fingerprint density at radius 1 is 0.941 bits per heavy atom. The second-order valence-corrected chi connectivity index (χ2v) is 9.34. The fourth-order valence-electron chi connectivity index (χ4n) is 3.65. The van der Waals surface area contributed by atoms with Crippen molar-refractivity contribution < 1.29 is 35.9 Å². The highest BCUT2D eigenvalue weighted by Gasteiger charge is 2.38. The zero-order valence-electron chi connectivity index (χ0n) is 17.5. The summed E-state index contributed by atoms with van der Waals surface area (Å²) in [6.07, 6.45) is -6.36. The molecular weight excluding hydrogens is 473 g/mol. The number of hydrogen-bond donors (Lipinski definition) is 1. The van der Waals surface area contributed by atoms with Gasteiger partial charge in [-0.25, -0.2) is 13.2 Å². The molecule has 0 fully saturated rings. The fraction of sp³-hybridized carbons (Fsp3) is 0.174. The van der Waals surface area contributed by atoms with Crippen molar-refractivity contribution >= 4 is 16.1 Å². The van der Waals surface area contributed by atoms with Crippen LogP contribution in [0.15, 0.2) is 77.7 Å². The van der Waals surface area contributed by atoms with E-state index in [0.29, 0.717) is 12.0 Å². The SMILES string of the molecule is NC(=O)O[C@@H]1c2ccccc2CCN1S(=O)(=O)c1ccc(Oc2ccc(C(F)(F)F)cc2)cc1. The van der Waals surface area contributed by atoms with Crippen molar-refractivity contribution in [1.29, 1.82) is 0 Å². The molecule has 1 aliphatic rings. The summed E-state index contributed by atoms with van der Waals surface area (Å²) in [6, 6.07) is 16.5. The minimum absolute atomic E-state index is 0.0705. The largest absolute Gasteiger partial charge is 0.457 e. The second-order valence-electron chi connectivity index (χ2n) is 7.45. The summed E-state index contributed by atoms with van der Waals surface area (Å²) >= 11 is 0. The Morgan fingerprint density at radius 2 is 1.53 bits per heavy atom. The number of carbonyl (C=O) groups excluding carboxylic acids is 1. The van der Waals surface area contributed by atoms with Crippen molar-refractivity contribution in [2.24, 2.45) is 5.73 Å². The first-order valence-electron chi connectivity index (χ1n) is 10.1. The second kappa shape index (κ2) is 8.99. The quantitative estimate of drug-likeness (QED) is 0.550. The van der Waals surface area contributed by atoms with Crippen molar-refractivity contribution in [3.05, 3.63) is 89.5 Å². The number of sulfonamides is 1. The molecule has 0 unspecified atom stereocenters. The summed E-state index contributed by atoms with van der Waals surface area (Å²) in [6.45, 7) is 0.0705. The summed E-state index contributed by atoms with van der Waals surface area (Å²) in [5.41, 5.74) is 5.76. The number of nitrogens with zero attached hydrogens (tertiary/aromatic N) is 1. The van der Waals surface area contributed by atoms with E-state index in [4.69, 9.17) is 15.2 Å². The molecule has 3 aromatic carbocycles. The minimum Gasteiger partial charge on any atom is -0.457 e. The van der Waals surface area contributed by atoms with Crippen LogP contribution in [0, 0.1) is 0 Å². The Kier molecular flexibility index (Phi) is 6.24. The topological polar surface area (TPSA) is 98.9 Å². The Labute approximate surface area is 193 Å². The maximum Gasteiger partial charge on any atom is 0.416 e. The van der Waals surface area contributed by atoms with Crippen molar-refractivity contribution in [3.8, 4) is 11.5 Å². The molecule has 0 bridgehead atoms. The molecule has 1 amide bonds. The molecular formula is C23H19F3N2O5S. The van der Waals surface area contributed by atoms with Crippen LogP contribution in [0.5, 0.6) is 11.5 Å². The summed E-state index contributed by atoms with van der Waals surface area (Å²) in [7, 11) is -4.09. The standard InChI is InChI=1S/C23H19F3N2O5S/c24-23(25,26)16-5-7-17(8-6-16)32-18-9-11-19(12-10-18)34(30,31)28-14-13-15-3-1-2-4-20(15)21(28)33-22(27)29/h1-12,21H,13-14H2,(H2,27,29)/t21-/m1/s1. The van der Waals surface area contributed by atoms with Crippen LogP contribution in [0.1, 0.15) is 22.9 Å². The first-order valence-corrected chi connectivity index (χ1v) is 11.5. The average Bonchev–Trinajstić information content (AvgIpc) is 2.79. The molecule has 1 atom stereocenters. The normalized spacial score (nSPS) is 16.5. The van der Waals surface area contributed by atoms with E-state index in [1.807, 2.05) is 6.07 Å². The molecule has 34 heavy (non-hydrogen) atoms. The van der Waals surface area contributed by atoms with Gasteiger partial charge in [0, 0.05) is 12.1 Å². The first kappa shape index (κ1) is 23.6. The Hall–Kier alpha value is -3.57. The molecule has 1 heterocycles. The summed E-state index contributed by atoms with van der Waals surface area (Å²) < 4.78 is 76.5. The minimum atomic E-state index is -4.46. The van der Waals surface area contributed by atoms with E-state index in [2.05, 4.69) is 0 Å². The van der Waals surface area contributed by atoms with Gasteiger partial charge in [-0.2, -0.15) is 17.5 Å². The molecule has 0 aliphatic carbocycles. The van der Waals surface area contributed by atoms with Gasteiger partial charge in [0.05, 0.1) is 10.5 Å². The Balaban J connectivity index is 1.56. The van der Waals surface area contributed by atoms with E-state index in [1.165, 1.54) is 36.4 Å². The van der Waals surface area contributed by atoms with Crippen molar-refractivity contribution in [3.63, 3.8) is 0 Å². The highest BCUT2D eigenvalue weighted by molar-refractivity contribution is 7.89. The number of benzene rings is 3. The lowest BCUT2D eigenvalue weighted by Crippen LogP contribution is -2.42. The van der Waals surface area contributed by atoms with Crippen molar-refractivity contribution in [1.82, 2.24) is 4.31 Å². The first-order chi connectivity index (χ1) is 16.1. The van der Waals surface area contributed by atoms with E-state index < -0.39 is 34.1 Å². The molecule has 3 aromatic rings. The van der Waals surface area contributed by atoms with Crippen LogP contribution in [-0.2, 0) is 27.4 Å². The van der Waals surface area contributed by atoms with Crippen LogP contribution in [0.25, 0.3) is 0 Å². The van der Waals surface area contributed by atoms with Gasteiger partial charge >= 0.3 is 12.3 Å². The van der Waals surface area contributed by atoms with E-state index in [-0.39, 0.29) is 22.9 Å². The van der Waals surface area contributed by atoms with Crippen LogP contribution >= 0.6 is 0 Å². The summed E-state index contributed by atoms with van der Waals surface area (Å²) in [4.78, 5) is 11.4. The number of halogens is 3. The van der Waals surface area contributed by atoms with Gasteiger partial charge in [0.2, 0.25) is 10.0 Å². The predicted molar refractivity (Wildman–Crippen MR) is 115 cm³/mol. The maximum atomic E-state index is 13.3. The zero-order chi connectivity index (χ0) is 24.5. The van der Waals surface area contributed by atoms with Crippen LogP contribution < -0.4 is 10.5 Å². The van der Waals surface area contributed by atoms with Crippen molar-refractivity contribution in [2.45, 2.75) is 23.7 Å². The molecule has 0 radical (unpaired) electrons. The van der Waals surface area contributed by atoms with Crippen molar-refractivity contribution in [2.75, 3.05) is 6.54 Å². The number of hydrogen-bond acceptors (Lipinski definition) is 5. The van der Waals surface area contributed by atoms with E-state index in [9.17, 15) is 26.4 Å². The smallest absolute Gasteiger partial charge is 0.416 e. The fourth-order valence-corrected chi connectivity index (χ4v) is 5.14. The third-order valence-electron chi connectivity index (χ3n) is 5.26. The number of nitrogens with two attached hydrogens (primary N) is 1. The molecule has 7 nitrogen and oxygen atoms in total. The van der Waals surface area contributed by atoms with Crippen LogP contribution in [-0.4, -0.2) is 25.4 Å². The van der Waals surface area contributed by atoms with Gasteiger partial charge in [-0.15, -0.1) is 0 Å². The maximum absolute atomic E-state index is 13.3. The Morgan fingerprint density at radius 3 is 2.12 bits per heavy atom. The van der Waals surface area contributed by atoms with Gasteiger partial charge in [0.1, 0.15) is 11.5 Å². The molecule has 0 saturated carbocycles. The highest BCUT2D eigenvalue weighted by atomic mass is 32.2. The third kappa shape index (κ3) is 4.85. The summed E-state index contributed by atoms with van der Waals surface area (Å²) in [5, 5.41) is 0. The number of fused-ring (bicyclic) bond motifs is 1. The number of rotatable bonds is 5. The molecule has 0 aromatic heterocycles. The van der Waals surface area contributed by atoms with Gasteiger partial charge < -0.3 is 15.2 Å². The third-order valence-corrected chi connectivity index (χ3v) is 7.12. The van der Waals surface area contributed by atoms with Crippen LogP contribution in [0.4, 0.5) is 18.0 Å². The lowest BCUT2D eigenvalue weighted by molar-refractivity contribution is -0.137. The van der Waals surface area contributed by atoms with E-state index in [1.54, 1.807) is 18.2 Å².